The highest BCUT2D eigenvalue weighted by Crippen LogP contribution is 2.20. The molecule has 0 aliphatic carbocycles. The van der Waals surface area contributed by atoms with Crippen LogP contribution in [0.2, 0.25) is 0 Å². The Kier molecular flexibility index (Phi) is 5.38. The number of thiazole rings is 1. The van der Waals surface area contributed by atoms with Gasteiger partial charge in [0.25, 0.3) is 0 Å². The second-order valence-corrected chi connectivity index (χ2v) is 5.77. The maximum atomic E-state index is 5.23. The average molecular weight is 242 g/mol. The van der Waals surface area contributed by atoms with Crippen LogP contribution in [0.1, 0.15) is 36.7 Å². The van der Waals surface area contributed by atoms with Crippen molar-refractivity contribution in [1.29, 1.82) is 0 Å². The van der Waals surface area contributed by atoms with E-state index in [4.69, 9.17) is 4.74 Å². The Balaban J connectivity index is 2.57. The monoisotopic (exact) mass is 242 g/mol. The number of hydrogen-bond acceptors (Lipinski definition) is 4. The van der Waals surface area contributed by atoms with E-state index in [2.05, 4.69) is 38.0 Å². The molecule has 0 saturated carbocycles. The molecule has 0 aromatic carbocycles. The van der Waals surface area contributed by atoms with E-state index in [1.165, 1.54) is 4.88 Å². The first kappa shape index (κ1) is 13.6. The third kappa shape index (κ3) is 3.85. The number of aryl methyl sites for hydroxylation is 1. The minimum Gasteiger partial charge on any atom is -0.383 e. The molecular weight excluding hydrogens is 220 g/mol. The third-order valence-corrected chi connectivity index (χ3v) is 3.72. The quantitative estimate of drug-likeness (QED) is 0.833. The second-order valence-electron chi connectivity index (χ2n) is 4.50. The molecule has 16 heavy (non-hydrogen) atoms. The van der Waals surface area contributed by atoms with Gasteiger partial charge in [0.05, 0.1) is 12.6 Å². The van der Waals surface area contributed by atoms with Crippen LogP contribution in [0, 0.1) is 12.8 Å². The minimum atomic E-state index is 0.293. The van der Waals surface area contributed by atoms with Crippen molar-refractivity contribution < 1.29 is 4.74 Å². The van der Waals surface area contributed by atoms with Crippen molar-refractivity contribution in [3.8, 4) is 0 Å². The first-order valence-electron chi connectivity index (χ1n) is 5.72. The number of methoxy groups -OCH3 is 1. The van der Waals surface area contributed by atoms with Crippen LogP contribution < -0.4 is 5.32 Å². The van der Waals surface area contributed by atoms with Crippen LogP contribution in [-0.4, -0.2) is 24.7 Å². The zero-order valence-corrected chi connectivity index (χ0v) is 11.6. The van der Waals surface area contributed by atoms with E-state index in [-0.39, 0.29) is 0 Å². The van der Waals surface area contributed by atoms with Gasteiger partial charge < -0.3 is 10.1 Å². The molecule has 0 saturated heterocycles. The van der Waals surface area contributed by atoms with Gasteiger partial charge in [-0.15, -0.1) is 11.3 Å². The van der Waals surface area contributed by atoms with Gasteiger partial charge in [-0.3, -0.25) is 0 Å². The summed E-state index contributed by atoms with van der Waals surface area (Å²) in [5.41, 5.74) is 0. The van der Waals surface area contributed by atoms with Crippen molar-refractivity contribution in [2.24, 2.45) is 5.92 Å². The molecule has 0 aliphatic rings. The van der Waals surface area contributed by atoms with E-state index in [9.17, 15) is 0 Å². The minimum absolute atomic E-state index is 0.293. The van der Waals surface area contributed by atoms with Crippen molar-refractivity contribution in [3.63, 3.8) is 0 Å². The second kappa shape index (κ2) is 6.33. The zero-order chi connectivity index (χ0) is 12.1. The Morgan fingerprint density at radius 2 is 2.12 bits per heavy atom. The Morgan fingerprint density at radius 3 is 2.56 bits per heavy atom. The van der Waals surface area contributed by atoms with Crippen molar-refractivity contribution >= 4 is 11.3 Å². The summed E-state index contributed by atoms with van der Waals surface area (Å²) in [5.74, 6) is 0.559. The topological polar surface area (TPSA) is 34.1 Å². The lowest BCUT2D eigenvalue weighted by molar-refractivity contribution is 0.141. The van der Waals surface area contributed by atoms with Gasteiger partial charge in [0.1, 0.15) is 5.01 Å². The fourth-order valence-electron chi connectivity index (χ4n) is 1.58. The van der Waals surface area contributed by atoms with Crippen molar-refractivity contribution in [3.05, 3.63) is 16.1 Å². The molecule has 0 unspecified atom stereocenters. The molecule has 3 nitrogen and oxygen atoms in total. The van der Waals surface area contributed by atoms with Crippen molar-refractivity contribution in [2.75, 3.05) is 13.7 Å². The van der Waals surface area contributed by atoms with Crippen molar-refractivity contribution in [2.45, 2.75) is 39.8 Å². The van der Waals surface area contributed by atoms with Gasteiger partial charge >= 0.3 is 0 Å². The van der Waals surface area contributed by atoms with Gasteiger partial charge in [0.2, 0.25) is 0 Å². The molecule has 0 bridgehead atoms. The number of nitrogens with zero attached hydrogens (tertiary/aromatic N) is 1. The summed E-state index contributed by atoms with van der Waals surface area (Å²) < 4.78 is 5.23. The predicted molar refractivity (Wildman–Crippen MR) is 68.9 cm³/mol. The van der Waals surface area contributed by atoms with Gasteiger partial charge in [-0.25, -0.2) is 4.98 Å². The van der Waals surface area contributed by atoms with Gasteiger partial charge in [-0.1, -0.05) is 13.8 Å². The molecule has 0 radical (unpaired) electrons. The fraction of sp³-hybridized carbons (Fsp3) is 0.750. The molecule has 0 fully saturated rings. The summed E-state index contributed by atoms with van der Waals surface area (Å²) in [4.78, 5) is 5.66. The van der Waals surface area contributed by atoms with Gasteiger partial charge in [-0.2, -0.15) is 0 Å². The molecule has 92 valence electrons. The molecule has 4 heteroatoms. The smallest absolute Gasteiger partial charge is 0.109 e. The average Bonchev–Trinajstić information content (AvgIpc) is 2.64. The van der Waals surface area contributed by atoms with Crippen LogP contribution in [0.25, 0.3) is 0 Å². The predicted octanol–water partition coefficient (Wildman–Crippen LogP) is 2.77. The fourth-order valence-corrected chi connectivity index (χ4v) is 2.36. The van der Waals surface area contributed by atoms with E-state index in [1.807, 2.05) is 6.20 Å². The van der Waals surface area contributed by atoms with Crippen LogP contribution in [0.5, 0.6) is 0 Å². The summed E-state index contributed by atoms with van der Waals surface area (Å²) >= 11 is 1.75. The highest BCUT2D eigenvalue weighted by atomic mass is 32.1. The summed E-state index contributed by atoms with van der Waals surface area (Å²) in [7, 11) is 1.75. The Bertz CT molecular complexity index is 312. The van der Waals surface area contributed by atoms with Gasteiger partial charge in [-0.05, 0) is 19.8 Å². The highest BCUT2D eigenvalue weighted by Gasteiger charge is 2.18. The Morgan fingerprint density at radius 1 is 1.44 bits per heavy atom. The van der Waals surface area contributed by atoms with Crippen LogP contribution in [-0.2, 0) is 4.74 Å². The summed E-state index contributed by atoms with van der Waals surface area (Å²) in [6.45, 7) is 9.39. The van der Waals surface area contributed by atoms with E-state index in [0.29, 0.717) is 18.0 Å². The Labute approximate surface area is 102 Å². The van der Waals surface area contributed by atoms with Crippen LogP contribution in [0.3, 0.4) is 0 Å². The number of rotatable bonds is 6. The number of nitrogens with one attached hydrogen (secondary N) is 1. The lowest BCUT2D eigenvalue weighted by Gasteiger charge is -2.24. The largest absolute Gasteiger partial charge is 0.383 e. The van der Waals surface area contributed by atoms with E-state index in [1.54, 1.807) is 18.4 Å². The molecule has 0 aliphatic heterocycles. The van der Waals surface area contributed by atoms with Gasteiger partial charge in [0, 0.05) is 24.2 Å². The first-order chi connectivity index (χ1) is 7.54. The van der Waals surface area contributed by atoms with E-state index >= 15 is 0 Å². The van der Waals surface area contributed by atoms with Gasteiger partial charge in [0.15, 0.2) is 0 Å². The van der Waals surface area contributed by atoms with Crippen LogP contribution >= 0.6 is 11.3 Å². The molecule has 1 aromatic heterocycles. The number of ether oxygens (including phenoxy) is 1. The molecule has 0 amide bonds. The first-order valence-corrected chi connectivity index (χ1v) is 6.53. The maximum Gasteiger partial charge on any atom is 0.109 e. The number of aromatic nitrogens is 1. The summed E-state index contributed by atoms with van der Waals surface area (Å²) in [6.07, 6.45) is 1.93. The molecular formula is C12H22N2OS. The molecule has 1 heterocycles. The van der Waals surface area contributed by atoms with E-state index < -0.39 is 0 Å². The maximum absolute atomic E-state index is 5.23. The molecule has 1 rings (SSSR count). The SMILES string of the molecule is COC[C@H](N[C@H](C)c1ncc(C)s1)C(C)C. The zero-order valence-electron chi connectivity index (χ0n) is 10.8. The number of hydrogen-bond donors (Lipinski definition) is 1. The van der Waals surface area contributed by atoms with Crippen molar-refractivity contribution in [1.82, 2.24) is 10.3 Å². The molecule has 2 atom stereocenters. The summed E-state index contributed by atoms with van der Waals surface area (Å²) in [5, 5.41) is 4.72. The van der Waals surface area contributed by atoms with Crippen LogP contribution in [0.4, 0.5) is 0 Å². The molecule has 1 N–H and O–H groups in total. The molecule has 1 aromatic rings. The normalized spacial score (nSPS) is 15.4. The van der Waals surface area contributed by atoms with E-state index in [0.717, 1.165) is 11.6 Å². The standard InChI is InChI=1S/C12H22N2OS/c1-8(2)11(7-15-5)14-10(4)12-13-6-9(3)16-12/h6,8,10-11,14H,7H2,1-5H3/t10-,11+/m1/s1. The lowest BCUT2D eigenvalue weighted by atomic mass is 10.0. The third-order valence-electron chi connectivity index (χ3n) is 2.62. The molecule has 0 spiro atoms. The Hall–Kier alpha value is -0.450. The summed E-state index contributed by atoms with van der Waals surface area (Å²) in [6, 6.07) is 0.672. The van der Waals surface area contributed by atoms with Crippen LogP contribution in [0.15, 0.2) is 6.20 Å². The lowest BCUT2D eigenvalue weighted by Crippen LogP contribution is -2.39. The highest BCUT2D eigenvalue weighted by molar-refractivity contribution is 7.11.